The van der Waals surface area contributed by atoms with E-state index >= 15 is 0 Å². The standard InChI is InChI=1S/C23H24N4O/c1-23(2,3)19-8-6-7-18(22(19)28)17-12-11-16(13-15(17)14-24)27-25-20-9-4-5-10-21(20)26-27/h4-13,28H,14,24H2,1-3H3. The molecule has 0 spiro atoms. The minimum Gasteiger partial charge on any atom is -0.507 e. The number of rotatable bonds is 3. The lowest BCUT2D eigenvalue weighted by Crippen LogP contribution is -2.11. The van der Waals surface area contributed by atoms with Crippen molar-refractivity contribution < 1.29 is 5.11 Å². The van der Waals surface area contributed by atoms with E-state index in [0.717, 1.165) is 39.0 Å². The van der Waals surface area contributed by atoms with Crippen molar-refractivity contribution in [2.24, 2.45) is 5.73 Å². The zero-order valence-electron chi connectivity index (χ0n) is 16.3. The zero-order chi connectivity index (χ0) is 19.9. The number of fused-ring (bicyclic) bond motifs is 1. The molecule has 3 aromatic carbocycles. The fraction of sp³-hybridized carbons (Fsp3) is 0.217. The second kappa shape index (κ2) is 6.77. The molecule has 5 nitrogen and oxygen atoms in total. The van der Waals surface area contributed by atoms with Gasteiger partial charge in [0.2, 0.25) is 0 Å². The van der Waals surface area contributed by atoms with Gasteiger partial charge in [0.25, 0.3) is 0 Å². The first-order valence-electron chi connectivity index (χ1n) is 9.37. The van der Waals surface area contributed by atoms with Gasteiger partial charge in [0.1, 0.15) is 16.8 Å². The zero-order valence-corrected chi connectivity index (χ0v) is 16.3. The predicted molar refractivity (Wildman–Crippen MR) is 113 cm³/mol. The molecule has 0 radical (unpaired) electrons. The van der Waals surface area contributed by atoms with Crippen molar-refractivity contribution in [1.29, 1.82) is 0 Å². The molecular weight excluding hydrogens is 348 g/mol. The van der Waals surface area contributed by atoms with Crippen LogP contribution >= 0.6 is 0 Å². The third-order valence-corrected chi connectivity index (χ3v) is 4.96. The van der Waals surface area contributed by atoms with Crippen molar-refractivity contribution in [3.63, 3.8) is 0 Å². The lowest BCUT2D eigenvalue weighted by molar-refractivity contribution is 0.448. The molecule has 28 heavy (non-hydrogen) atoms. The molecule has 0 aliphatic carbocycles. The summed E-state index contributed by atoms with van der Waals surface area (Å²) >= 11 is 0. The Balaban J connectivity index is 1.82. The van der Waals surface area contributed by atoms with Crippen LogP contribution in [0.4, 0.5) is 0 Å². The van der Waals surface area contributed by atoms with Crippen LogP contribution in [0.2, 0.25) is 0 Å². The maximum Gasteiger partial charge on any atom is 0.127 e. The Morgan fingerprint density at radius 2 is 1.57 bits per heavy atom. The summed E-state index contributed by atoms with van der Waals surface area (Å²) in [6.07, 6.45) is 0. The summed E-state index contributed by atoms with van der Waals surface area (Å²) in [6, 6.07) is 19.6. The molecule has 3 N–H and O–H groups in total. The Morgan fingerprint density at radius 3 is 2.18 bits per heavy atom. The van der Waals surface area contributed by atoms with Crippen LogP contribution in [0.25, 0.3) is 27.8 Å². The van der Waals surface area contributed by atoms with Gasteiger partial charge in [-0.3, -0.25) is 0 Å². The number of phenolic OH excluding ortho intramolecular Hbond substituents is 1. The van der Waals surface area contributed by atoms with Crippen molar-refractivity contribution in [3.05, 3.63) is 71.8 Å². The summed E-state index contributed by atoms with van der Waals surface area (Å²) in [7, 11) is 0. The van der Waals surface area contributed by atoms with Crippen LogP contribution in [0, 0.1) is 0 Å². The van der Waals surface area contributed by atoms with Gasteiger partial charge in [-0.2, -0.15) is 4.80 Å². The van der Waals surface area contributed by atoms with Crippen LogP contribution in [0.5, 0.6) is 5.75 Å². The van der Waals surface area contributed by atoms with E-state index in [1.54, 1.807) is 4.80 Å². The van der Waals surface area contributed by atoms with E-state index < -0.39 is 0 Å². The van der Waals surface area contributed by atoms with Crippen LogP contribution < -0.4 is 5.73 Å². The molecule has 4 rings (SSSR count). The number of nitrogens with two attached hydrogens (primary N) is 1. The Kier molecular flexibility index (Phi) is 4.40. The van der Waals surface area contributed by atoms with Gasteiger partial charge in [-0.1, -0.05) is 57.2 Å². The van der Waals surface area contributed by atoms with Crippen LogP contribution in [0.15, 0.2) is 60.7 Å². The summed E-state index contributed by atoms with van der Waals surface area (Å²) in [6.45, 7) is 6.62. The Bertz CT molecular complexity index is 1120. The first kappa shape index (κ1) is 18.2. The fourth-order valence-corrected chi connectivity index (χ4v) is 3.48. The van der Waals surface area contributed by atoms with E-state index in [0.29, 0.717) is 12.3 Å². The Hall–Kier alpha value is -3.18. The van der Waals surface area contributed by atoms with Gasteiger partial charge in [0, 0.05) is 12.1 Å². The first-order chi connectivity index (χ1) is 13.4. The van der Waals surface area contributed by atoms with E-state index in [2.05, 4.69) is 31.0 Å². The number of phenols is 1. The fourth-order valence-electron chi connectivity index (χ4n) is 3.48. The van der Waals surface area contributed by atoms with Crippen LogP contribution in [0.3, 0.4) is 0 Å². The van der Waals surface area contributed by atoms with Gasteiger partial charge >= 0.3 is 0 Å². The van der Waals surface area contributed by atoms with Gasteiger partial charge in [-0.05, 0) is 46.4 Å². The number of hydrogen-bond donors (Lipinski definition) is 2. The average molecular weight is 372 g/mol. The molecular formula is C23H24N4O. The predicted octanol–water partition coefficient (Wildman–Crippen LogP) is 4.55. The quantitative estimate of drug-likeness (QED) is 0.553. The van der Waals surface area contributed by atoms with Gasteiger partial charge in [-0.15, -0.1) is 10.2 Å². The van der Waals surface area contributed by atoms with Crippen LogP contribution in [-0.4, -0.2) is 20.1 Å². The lowest BCUT2D eigenvalue weighted by Gasteiger charge is -2.22. The van der Waals surface area contributed by atoms with Crippen LogP contribution in [-0.2, 0) is 12.0 Å². The second-order valence-corrected chi connectivity index (χ2v) is 7.98. The summed E-state index contributed by atoms with van der Waals surface area (Å²) in [5.41, 5.74) is 12.0. The molecule has 1 heterocycles. The van der Waals surface area contributed by atoms with Crippen molar-refractivity contribution in [1.82, 2.24) is 15.0 Å². The maximum atomic E-state index is 10.9. The molecule has 0 aliphatic rings. The van der Waals surface area contributed by atoms with Gasteiger partial charge in [0.15, 0.2) is 0 Å². The van der Waals surface area contributed by atoms with Crippen molar-refractivity contribution >= 4 is 11.0 Å². The third-order valence-electron chi connectivity index (χ3n) is 4.96. The monoisotopic (exact) mass is 372 g/mol. The molecule has 0 unspecified atom stereocenters. The molecule has 0 atom stereocenters. The average Bonchev–Trinajstić information content (AvgIpc) is 3.11. The normalized spacial score (nSPS) is 11.9. The smallest absolute Gasteiger partial charge is 0.127 e. The van der Waals surface area contributed by atoms with Gasteiger partial charge < -0.3 is 10.8 Å². The van der Waals surface area contributed by atoms with Gasteiger partial charge in [-0.25, -0.2) is 0 Å². The van der Waals surface area contributed by atoms with E-state index in [9.17, 15) is 5.11 Å². The second-order valence-electron chi connectivity index (χ2n) is 7.98. The van der Waals surface area contributed by atoms with E-state index in [1.807, 2.05) is 60.7 Å². The lowest BCUT2D eigenvalue weighted by atomic mass is 9.84. The molecule has 0 bridgehead atoms. The number of hydrogen-bond acceptors (Lipinski definition) is 4. The molecule has 0 saturated carbocycles. The van der Waals surface area contributed by atoms with Crippen molar-refractivity contribution in [2.45, 2.75) is 32.7 Å². The Labute approximate surface area is 164 Å². The number of aromatic hydroxyl groups is 1. The SMILES string of the molecule is CC(C)(C)c1cccc(-c2ccc(-n3nc4ccccc4n3)cc2CN)c1O. The molecule has 142 valence electrons. The highest BCUT2D eigenvalue weighted by Gasteiger charge is 2.21. The van der Waals surface area contributed by atoms with E-state index in [1.165, 1.54) is 0 Å². The largest absolute Gasteiger partial charge is 0.507 e. The summed E-state index contributed by atoms with van der Waals surface area (Å²) < 4.78 is 0. The summed E-state index contributed by atoms with van der Waals surface area (Å²) in [5.74, 6) is 0.306. The highest BCUT2D eigenvalue weighted by atomic mass is 16.3. The number of para-hydroxylation sites is 1. The molecule has 1 aromatic heterocycles. The highest BCUT2D eigenvalue weighted by Crippen LogP contribution is 2.39. The highest BCUT2D eigenvalue weighted by molar-refractivity contribution is 5.77. The molecule has 4 aromatic rings. The minimum absolute atomic E-state index is 0.151. The maximum absolute atomic E-state index is 10.9. The minimum atomic E-state index is -0.151. The number of aromatic nitrogens is 3. The first-order valence-corrected chi connectivity index (χ1v) is 9.37. The van der Waals surface area contributed by atoms with Crippen LogP contribution in [0.1, 0.15) is 31.9 Å². The van der Waals surface area contributed by atoms with Crippen molar-refractivity contribution in [3.8, 4) is 22.6 Å². The summed E-state index contributed by atoms with van der Waals surface area (Å²) in [5, 5.41) is 20.0. The molecule has 0 amide bonds. The molecule has 0 saturated heterocycles. The number of nitrogens with zero attached hydrogens (tertiary/aromatic N) is 3. The van der Waals surface area contributed by atoms with E-state index in [-0.39, 0.29) is 5.41 Å². The molecule has 0 aliphatic heterocycles. The molecule has 0 fully saturated rings. The third kappa shape index (κ3) is 3.14. The van der Waals surface area contributed by atoms with E-state index in [4.69, 9.17) is 5.73 Å². The molecule has 5 heteroatoms. The van der Waals surface area contributed by atoms with Crippen molar-refractivity contribution in [2.75, 3.05) is 0 Å². The number of benzene rings is 3. The Morgan fingerprint density at radius 1 is 0.893 bits per heavy atom. The topological polar surface area (TPSA) is 77.0 Å². The summed E-state index contributed by atoms with van der Waals surface area (Å²) in [4.78, 5) is 1.62. The van der Waals surface area contributed by atoms with Gasteiger partial charge in [0.05, 0.1) is 5.69 Å².